The van der Waals surface area contributed by atoms with Gasteiger partial charge >= 0.3 is 0 Å². The summed E-state index contributed by atoms with van der Waals surface area (Å²) in [6.45, 7) is 0.212. The molecule has 3 heterocycles. The molecule has 0 amide bonds. The lowest BCUT2D eigenvalue weighted by molar-refractivity contribution is 0.174. The Labute approximate surface area is 198 Å². The van der Waals surface area contributed by atoms with Gasteiger partial charge in [0.2, 0.25) is 6.79 Å². The van der Waals surface area contributed by atoms with E-state index in [0.717, 1.165) is 22.4 Å². The molecule has 0 atom stereocenters. The van der Waals surface area contributed by atoms with Gasteiger partial charge in [-0.1, -0.05) is 48.2 Å². The van der Waals surface area contributed by atoms with Crippen molar-refractivity contribution < 1.29 is 13.9 Å². The average Bonchev–Trinajstić information content (AvgIpc) is 3.51. The average molecular weight is 472 g/mol. The Morgan fingerprint density at radius 1 is 1.00 bits per heavy atom. The first-order valence-electron chi connectivity index (χ1n) is 10.6. The molecule has 3 aromatic carbocycles. The van der Waals surface area contributed by atoms with E-state index >= 15 is 0 Å². The summed E-state index contributed by atoms with van der Waals surface area (Å²) < 4.78 is 26.0. The standard InChI is InChI=1S/C26H18FN3O3S/c27-18-7-9-19(10-8-18)30-25(31)24-23(20(13-28-24)17-4-2-1-3-5-17)29-26(30)34-14-16-6-11-21-22(12-16)33-15-32-21/h1-13,28H,14-15H2. The Morgan fingerprint density at radius 2 is 1.79 bits per heavy atom. The van der Waals surface area contributed by atoms with Crippen molar-refractivity contribution in [2.75, 3.05) is 6.79 Å². The zero-order chi connectivity index (χ0) is 23.1. The molecule has 6 rings (SSSR count). The summed E-state index contributed by atoms with van der Waals surface area (Å²) in [4.78, 5) is 21.6. The fraction of sp³-hybridized carbons (Fsp3) is 0.0769. The maximum atomic E-state index is 13.6. The van der Waals surface area contributed by atoms with Crippen LogP contribution in [0, 0.1) is 5.82 Å². The number of hydrogen-bond acceptors (Lipinski definition) is 5. The zero-order valence-corrected chi connectivity index (χ0v) is 18.6. The molecule has 5 aromatic rings. The SMILES string of the molecule is O=c1c2[nH]cc(-c3ccccc3)c2nc(SCc2ccc3c(c2)OCO3)n1-c1ccc(F)cc1. The van der Waals surface area contributed by atoms with E-state index in [4.69, 9.17) is 14.5 Å². The highest BCUT2D eigenvalue weighted by molar-refractivity contribution is 7.98. The van der Waals surface area contributed by atoms with Gasteiger partial charge in [-0.05, 0) is 47.5 Å². The molecule has 168 valence electrons. The molecule has 0 unspecified atom stereocenters. The molecule has 0 aliphatic carbocycles. The fourth-order valence-electron chi connectivity index (χ4n) is 3.97. The molecule has 1 N–H and O–H groups in total. The normalized spacial score (nSPS) is 12.4. The third kappa shape index (κ3) is 3.62. The van der Waals surface area contributed by atoms with Gasteiger partial charge in [-0.3, -0.25) is 9.36 Å². The van der Waals surface area contributed by atoms with Gasteiger partial charge < -0.3 is 14.5 Å². The number of hydrogen-bond donors (Lipinski definition) is 1. The van der Waals surface area contributed by atoms with Crippen molar-refractivity contribution in [3.63, 3.8) is 0 Å². The number of nitrogens with zero attached hydrogens (tertiary/aromatic N) is 2. The Kier molecular flexibility index (Phi) is 5.07. The number of fused-ring (bicyclic) bond motifs is 2. The monoisotopic (exact) mass is 471 g/mol. The minimum Gasteiger partial charge on any atom is -0.454 e. The molecule has 1 aliphatic rings. The highest BCUT2D eigenvalue weighted by Gasteiger charge is 2.19. The summed E-state index contributed by atoms with van der Waals surface area (Å²) in [5, 5.41) is 0.513. The van der Waals surface area contributed by atoms with Crippen LogP contribution in [0.5, 0.6) is 11.5 Å². The second kappa shape index (κ2) is 8.39. The van der Waals surface area contributed by atoms with Gasteiger partial charge in [0, 0.05) is 17.5 Å². The van der Waals surface area contributed by atoms with Crippen molar-refractivity contribution in [1.82, 2.24) is 14.5 Å². The number of ether oxygens (including phenoxy) is 2. The summed E-state index contributed by atoms with van der Waals surface area (Å²) in [5.74, 6) is 1.61. The lowest BCUT2D eigenvalue weighted by atomic mass is 10.1. The van der Waals surface area contributed by atoms with Crippen molar-refractivity contribution in [2.24, 2.45) is 0 Å². The van der Waals surface area contributed by atoms with Crippen molar-refractivity contribution >= 4 is 22.8 Å². The maximum Gasteiger partial charge on any atom is 0.283 e. The number of rotatable bonds is 5. The molecule has 0 radical (unpaired) electrons. The van der Waals surface area contributed by atoms with Crippen LogP contribution in [0.25, 0.3) is 27.8 Å². The van der Waals surface area contributed by atoms with Gasteiger partial charge in [0.15, 0.2) is 16.7 Å². The Hall–Kier alpha value is -4.04. The molecular weight excluding hydrogens is 453 g/mol. The second-order valence-electron chi connectivity index (χ2n) is 7.78. The smallest absolute Gasteiger partial charge is 0.283 e. The minimum atomic E-state index is -0.369. The van der Waals surface area contributed by atoms with Gasteiger partial charge in [-0.25, -0.2) is 9.37 Å². The van der Waals surface area contributed by atoms with Crippen molar-refractivity contribution in [3.05, 3.63) is 101 Å². The van der Waals surface area contributed by atoms with Crippen molar-refractivity contribution in [2.45, 2.75) is 10.9 Å². The predicted octanol–water partition coefficient (Wildman–Crippen LogP) is 5.54. The lowest BCUT2D eigenvalue weighted by Crippen LogP contribution is -2.21. The zero-order valence-electron chi connectivity index (χ0n) is 17.8. The summed E-state index contributed by atoms with van der Waals surface area (Å²) in [7, 11) is 0. The van der Waals surface area contributed by atoms with Gasteiger partial charge in [-0.2, -0.15) is 0 Å². The van der Waals surface area contributed by atoms with Crippen LogP contribution in [0.3, 0.4) is 0 Å². The van der Waals surface area contributed by atoms with Crippen LogP contribution in [0.2, 0.25) is 0 Å². The lowest BCUT2D eigenvalue weighted by Gasteiger charge is -2.13. The number of nitrogens with one attached hydrogen (secondary N) is 1. The summed E-state index contributed by atoms with van der Waals surface area (Å²) in [6.07, 6.45) is 1.80. The number of halogens is 1. The van der Waals surface area contributed by atoms with Crippen molar-refractivity contribution in [3.8, 4) is 28.3 Å². The molecule has 6 nitrogen and oxygen atoms in total. The summed E-state index contributed by atoms with van der Waals surface area (Å²) in [6, 6.07) is 21.4. The van der Waals surface area contributed by atoms with E-state index in [-0.39, 0.29) is 18.2 Å². The molecular formula is C26H18FN3O3S. The maximum absolute atomic E-state index is 13.6. The van der Waals surface area contributed by atoms with E-state index in [1.807, 2.05) is 48.5 Å². The number of aromatic nitrogens is 3. The minimum absolute atomic E-state index is 0.212. The topological polar surface area (TPSA) is 69.1 Å². The second-order valence-corrected chi connectivity index (χ2v) is 8.72. The van der Waals surface area contributed by atoms with Crippen LogP contribution < -0.4 is 15.0 Å². The Bertz CT molecular complexity index is 1560. The van der Waals surface area contributed by atoms with Crippen LogP contribution in [0.1, 0.15) is 5.56 Å². The van der Waals surface area contributed by atoms with Crippen LogP contribution in [-0.2, 0) is 5.75 Å². The molecule has 0 fully saturated rings. The largest absolute Gasteiger partial charge is 0.454 e. The van der Waals surface area contributed by atoms with E-state index in [1.165, 1.54) is 28.5 Å². The first kappa shape index (κ1) is 20.6. The third-order valence-electron chi connectivity index (χ3n) is 5.64. The van der Waals surface area contributed by atoms with Gasteiger partial charge in [-0.15, -0.1) is 0 Å². The van der Waals surface area contributed by atoms with E-state index in [1.54, 1.807) is 18.3 Å². The van der Waals surface area contributed by atoms with E-state index in [0.29, 0.717) is 33.4 Å². The fourth-order valence-corrected chi connectivity index (χ4v) is 4.92. The molecule has 0 spiro atoms. The van der Waals surface area contributed by atoms with E-state index in [2.05, 4.69) is 4.98 Å². The molecule has 1 aliphatic heterocycles. The Balaban J connectivity index is 1.47. The first-order valence-corrected chi connectivity index (χ1v) is 11.6. The van der Waals surface area contributed by atoms with E-state index < -0.39 is 0 Å². The van der Waals surface area contributed by atoms with Gasteiger partial charge in [0.1, 0.15) is 16.9 Å². The number of thioether (sulfide) groups is 1. The number of aromatic amines is 1. The predicted molar refractivity (Wildman–Crippen MR) is 129 cm³/mol. The molecule has 8 heteroatoms. The van der Waals surface area contributed by atoms with Gasteiger partial charge in [0.25, 0.3) is 5.56 Å². The molecule has 0 saturated heterocycles. The van der Waals surface area contributed by atoms with Crippen molar-refractivity contribution in [1.29, 1.82) is 0 Å². The number of benzene rings is 3. The molecule has 0 saturated carbocycles. The third-order valence-corrected chi connectivity index (χ3v) is 6.65. The van der Waals surface area contributed by atoms with Crippen LogP contribution in [0.15, 0.2) is 88.9 Å². The quantitative estimate of drug-likeness (QED) is 0.269. The molecule has 2 aromatic heterocycles. The van der Waals surface area contributed by atoms with Crippen LogP contribution >= 0.6 is 11.8 Å². The molecule has 0 bridgehead atoms. The van der Waals surface area contributed by atoms with Crippen LogP contribution in [-0.4, -0.2) is 21.3 Å². The van der Waals surface area contributed by atoms with E-state index in [9.17, 15) is 9.18 Å². The summed E-state index contributed by atoms with van der Waals surface area (Å²) in [5.41, 5.74) is 4.12. The highest BCUT2D eigenvalue weighted by Crippen LogP contribution is 2.35. The highest BCUT2D eigenvalue weighted by atomic mass is 32.2. The number of H-pyrrole nitrogens is 1. The van der Waals surface area contributed by atoms with Gasteiger partial charge in [0.05, 0.1) is 5.69 Å². The summed E-state index contributed by atoms with van der Waals surface area (Å²) >= 11 is 1.43. The first-order chi connectivity index (χ1) is 16.7. The Morgan fingerprint density at radius 3 is 2.62 bits per heavy atom. The molecule has 34 heavy (non-hydrogen) atoms. The van der Waals surface area contributed by atoms with Crippen LogP contribution in [0.4, 0.5) is 4.39 Å².